The second-order valence-electron chi connectivity index (χ2n) is 4.27. The molecular formula is C10H21ClN2O2S. The molecule has 1 saturated carbocycles. The van der Waals surface area contributed by atoms with Gasteiger partial charge in [-0.2, -0.15) is 0 Å². The summed E-state index contributed by atoms with van der Waals surface area (Å²) < 4.78 is 25.0. The second-order valence-corrected chi connectivity index (χ2v) is 6.40. The van der Waals surface area contributed by atoms with Crippen molar-refractivity contribution in [2.75, 3.05) is 19.3 Å². The molecule has 1 aliphatic rings. The molecule has 0 aromatic carbocycles. The topological polar surface area (TPSA) is 63.4 Å². The van der Waals surface area contributed by atoms with Gasteiger partial charge in [0.25, 0.3) is 0 Å². The zero-order valence-corrected chi connectivity index (χ0v) is 11.3. The van der Waals surface area contributed by atoms with E-state index < -0.39 is 10.0 Å². The number of halogens is 1. The highest BCUT2D eigenvalue weighted by molar-refractivity contribution is 7.89. The average molecular weight is 269 g/mol. The summed E-state index contributed by atoms with van der Waals surface area (Å²) in [5, 5.41) is 0. The van der Waals surface area contributed by atoms with Gasteiger partial charge in [0.1, 0.15) is 0 Å². The van der Waals surface area contributed by atoms with E-state index in [0.717, 1.165) is 12.8 Å². The minimum atomic E-state index is -3.09. The molecule has 0 amide bonds. The van der Waals surface area contributed by atoms with Crippen LogP contribution in [0.25, 0.3) is 0 Å². The molecule has 0 heterocycles. The Balaban J connectivity index is 0.00000225. The molecule has 96 valence electrons. The van der Waals surface area contributed by atoms with E-state index in [0.29, 0.717) is 13.0 Å². The van der Waals surface area contributed by atoms with E-state index in [9.17, 15) is 8.42 Å². The molecule has 6 heteroatoms. The Kier molecular flexibility index (Phi) is 6.55. The quantitative estimate of drug-likeness (QED) is 0.731. The molecule has 1 rings (SSSR count). The van der Waals surface area contributed by atoms with E-state index in [4.69, 9.17) is 5.73 Å². The van der Waals surface area contributed by atoms with Crippen LogP contribution >= 0.6 is 12.4 Å². The largest absolute Gasteiger partial charge is 0.328 e. The van der Waals surface area contributed by atoms with E-state index in [1.54, 1.807) is 13.1 Å². The molecule has 4 nitrogen and oxygen atoms in total. The van der Waals surface area contributed by atoms with Gasteiger partial charge in [0.15, 0.2) is 0 Å². The number of hydrogen-bond acceptors (Lipinski definition) is 3. The monoisotopic (exact) mass is 268 g/mol. The standard InChI is InChI=1S/C10H20N2O2S.ClH/c1-3-4-5-12(2)15(13,14)8-9-6-10(11)7-9;/h3,9-10H,1,4-8,11H2,2H3;1H/t9-,10+;. The Labute approximate surface area is 104 Å². The smallest absolute Gasteiger partial charge is 0.214 e. The Morgan fingerprint density at radius 3 is 2.50 bits per heavy atom. The van der Waals surface area contributed by atoms with Crippen molar-refractivity contribution >= 4 is 22.4 Å². The third-order valence-electron chi connectivity index (χ3n) is 2.84. The third kappa shape index (κ3) is 4.41. The SMILES string of the molecule is C=CCCN(C)S(=O)(=O)C[C@H]1C[C@@H](N)C1.Cl. The van der Waals surface area contributed by atoms with Gasteiger partial charge in [0.05, 0.1) is 5.75 Å². The lowest BCUT2D eigenvalue weighted by Gasteiger charge is -2.33. The van der Waals surface area contributed by atoms with Crippen LogP contribution in [0.4, 0.5) is 0 Å². The van der Waals surface area contributed by atoms with E-state index in [2.05, 4.69) is 6.58 Å². The van der Waals surface area contributed by atoms with Crippen LogP contribution in [0, 0.1) is 5.92 Å². The highest BCUT2D eigenvalue weighted by Crippen LogP contribution is 2.27. The molecule has 0 aromatic rings. The minimum absolute atomic E-state index is 0. The van der Waals surface area contributed by atoms with Crippen molar-refractivity contribution in [2.45, 2.75) is 25.3 Å². The summed E-state index contributed by atoms with van der Waals surface area (Å²) in [7, 11) is -1.46. The normalized spacial score (nSPS) is 24.7. The lowest BCUT2D eigenvalue weighted by Crippen LogP contribution is -2.42. The highest BCUT2D eigenvalue weighted by Gasteiger charge is 2.31. The summed E-state index contributed by atoms with van der Waals surface area (Å²) in [4.78, 5) is 0. The van der Waals surface area contributed by atoms with Crippen LogP contribution < -0.4 is 5.73 Å². The summed E-state index contributed by atoms with van der Waals surface area (Å²) in [5.41, 5.74) is 5.62. The van der Waals surface area contributed by atoms with E-state index >= 15 is 0 Å². The van der Waals surface area contributed by atoms with Gasteiger partial charge in [-0.05, 0) is 25.2 Å². The van der Waals surface area contributed by atoms with Crippen molar-refractivity contribution in [1.82, 2.24) is 4.31 Å². The number of nitrogens with two attached hydrogens (primary N) is 1. The van der Waals surface area contributed by atoms with E-state index in [-0.39, 0.29) is 30.1 Å². The zero-order valence-electron chi connectivity index (χ0n) is 9.63. The van der Waals surface area contributed by atoms with Gasteiger partial charge in [-0.1, -0.05) is 6.08 Å². The number of rotatable bonds is 6. The first-order chi connectivity index (χ1) is 6.95. The van der Waals surface area contributed by atoms with Gasteiger partial charge in [-0.25, -0.2) is 12.7 Å². The molecule has 1 fully saturated rings. The molecule has 0 aliphatic heterocycles. The van der Waals surface area contributed by atoms with Crippen molar-refractivity contribution < 1.29 is 8.42 Å². The molecule has 0 aromatic heterocycles. The first-order valence-electron chi connectivity index (χ1n) is 5.26. The molecule has 16 heavy (non-hydrogen) atoms. The molecule has 0 atom stereocenters. The average Bonchev–Trinajstić information content (AvgIpc) is 2.11. The number of nitrogens with zero attached hydrogens (tertiary/aromatic N) is 1. The molecule has 0 spiro atoms. The minimum Gasteiger partial charge on any atom is -0.328 e. The third-order valence-corrected chi connectivity index (χ3v) is 4.87. The van der Waals surface area contributed by atoms with Gasteiger partial charge in [0, 0.05) is 19.6 Å². The number of hydrogen-bond donors (Lipinski definition) is 1. The van der Waals surface area contributed by atoms with Crippen molar-refractivity contribution in [3.05, 3.63) is 12.7 Å². The zero-order chi connectivity index (χ0) is 11.5. The summed E-state index contributed by atoms with van der Waals surface area (Å²) in [6.07, 6.45) is 4.11. The Hall–Kier alpha value is -0.100. The van der Waals surface area contributed by atoms with Gasteiger partial charge in [-0.3, -0.25) is 0 Å². The van der Waals surface area contributed by atoms with Gasteiger partial charge in [-0.15, -0.1) is 19.0 Å². The maximum atomic E-state index is 11.8. The van der Waals surface area contributed by atoms with E-state index in [1.807, 2.05) is 0 Å². The van der Waals surface area contributed by atoms with Crippen LogP contribution in [0.3, 0.4) is 0 Å². The summed E-state index contributed by atoms with van der Waals surface area (Å²) in [6, 6.07) is 0.212. The van der Waals surface area contributed by atoms with Crippen LogP contribution in [0.1, 0.15) is 19.3 Å². The van der Waals surface area contributed by atoms with Gasteiger partial charge >= 0.3 is 0 Å². The van der Waals surface area contributed by atoms with Crippen LogP contribution in [0.2, 0.25) is 0 Å². The van der Waals surface area contributed by atoms with Crippen molar-refractivity contribution in [3.8, 4) is 0 Å². The van der Waals surface area contributed by atoms with Crippen molar-refractivity contribution in [3.63, 3.8) is 0 Å². The maximum absolute atomic E-state index is 11.8. The lowest BCUT2D eigenvalue weighted by atomic mass is 9.82. The summed E-state index contributed by atoms with van der Waals surface area (Å²) >= 11 is 0. The summed E-state index contributed by atoms with van der Waals surface area (Å²) in [5.74, 6) is 0.505. The first kappa shape index (κ1) is 15.9. The molecule has 0 unspecified atom stereocenters. The maximum Gasteiger partial charge on any atom is 0.214 e. The number of sulfonamides is 1. The molecule has 2 N–H and O–H groups in total. The molecule has 0 bridgehead atoms. The van der Waals surface area contributed by atoms with Crippen molar-refractivity contribution in [1.29, 1.82) is 0 Å². The first-order valence-corrected chi connectivity index (χ1v) is 6.87. The fraction of sp³-hybridized carbons (Fsp3) is 0.800. The van der Waals surface area contributed by atoms with Crippen LogP contribution in [-0.4, -0.2) is 38.1 Å². The second kappa shape index (κ2) is 6.59. The Morgan fingerprint density at radius 1 is 1.50 bits per heavy atom. The van der Waals surface area contributed by atoms with Crippen LogP contribution in [-0.2, 0) is 10.0 Å². The van der Waals surface area contributed by atoms with E-state index in [1.165, 1.54) is 4.31 Å². The van der Waals surface area contributed by atoms with Crippen LogP contribution in [0.5, 0.6) is 0 Å². The predicted molar refractivity (Wildman–Crippen MR) is 69.2 cm³/mol. The predicted octanol–water partition coefficient (Wildman–Crippen LogP) is 0.983. The highest BCUT2D eigenvalue weighted by atomic mass is 35.5. The van der Waals surface area contributed by atoms with Crippen molar-refractivity contribution in [2.24, 2.45) is 11.7 Å². The Bertz CT molecular complexity index is 313. The molecule has 0 radical (unpaired) electrons. The van der Waals surface area contributed by atoms with Gasteiger partial charge in [0.2, 0.25) is 10.0 Å². The lowest BCUT2D eigenvalue weighted by molar-refractivity contribution is 0.288. The Morgan fingerprint density at radius 2 is 2.06 bits per heavy atom. The molecule has 1 aliphatic carbocycles. The summed E-state index contributed by atoms with van der Waals surface area (Å²) in [6.45, 7) is 4.09. The fourth-order valence-corrected chi connectivity index (χ4v) is 3.27. The van der Waals surface area contributed by atoms with Crippen LogP contribution in [0.15, 0.2) is 12.7 Å². The molecule has 0 saturated heterocycles. The van der Waals surface area contributed by atoms with Gasteiger partial charge < -0.3 is 5.73 Å². The molecular weight excluding hydrogens is 248 g/mol. The fourth-order valence-electron chi connectivity index (χ4n) is 1.76.